The summed E-state index contributed by atoms with van der Waals surface area (Å²) < 4.78 is 0. The second-order valence-corrected chi connectivity index (χ2v) is 25.6. The summed E-state index contributed by atoms with van der Waals surface area (Å²) in [7, 11) is 8.54. The van der Waals surface area contributed by atoms with Gasteiger partial charge in [0.15, 0.2) is 0 Å². The minimum Gasteiger partial charge on any atom is -0.480 e. The van der Waals surface area contributed by atoms with Crippen LogP contribution in [0.2, 0.25) is 0 Å². The first-order valence-corrected chi connectivity index (χ1v) is 32.8. The highest BCUT2D eigenvalue weighted by atomic mass is 79.9. The zero-order valence-corrected chi connectivity index (χ0v) is 55.7. The number of benzene rings is 2. The molecular weight excluding hydrogens is 1180 g/mol. The molecule has 4 N–H and O–H groups in total. The third-order valence-corrected chi connectivity index (χ3v) is 17.3. The second-order valence-electron chi connectivity index (χ2n) is 25.0. The van der Waals surface area contributed by atoms with Crippen LogP contribution in [0.4, 0.5) is 11.4 Å². The van der Waals surface area contributed by atoms with Crippen molar-refractivity contribution in [3.63, 3.8) is 0 Å². The van der Waals surface area contributed by atoms with Gasteiger partial charge in [-0.25, -0.2) is 0 Å². The molecule has 4 aromatic rings. The molecule has 22 nitrogen and oxygen atoms in total. The number of anilines is 2. The SMILES string of the molecule is CC(=O)CBr.CC(=O)CN1CCCN(C)CC1.CN1CCCN(CC(=O)O)CC1.CN1CCCNCC1.C[C@H]1C[C@@H](CC(=O)CN2CCCN(C)CC2)CN(c2ccc(C#N)c3nccnc23)C1.C[C@H]1C[C@@H](N)CN(c2ccc(C#N)c3nccnc23)C1. The molecule has 0 radical (unpaired) electrons. The van der Waals surface area contributed by atoms with Crippen LogP contribution in [0, 0.1) is 40.4 Å². The largest absolute Gasteiger partial charge is 0.480 e. The number of carboxylic acid groups (broad SMARTS) is 1. The van der Waals surface area contributed by atoms with E-state index in [9.17, 15) is 24.4 Å². The number of nitrogens with zero attached hydrogens (tertiary/aromatic N) is 15. The lowest BCUT2D eigenvalue weighted by Gasteiger charge is -2.38. The number of alkyl halides is 1. The summed E-state index contributed by atoms with van der Waals surface area (Å²) in [6.07, 6.45) is 14.1. The number of hydrogen-bond acceptors (Lipinski definition) is 21. The van der Waals surface area contributed by atoms with Gasteiger partial charge in [-0.15, -0.1) is 0 Å². The minimum absolute atomic E-state index is 0.171. The summed E-state index contributed by atoms with van der Waals surface area (Å²) in [5, 5.41) is 31.0. The van der Waals surface area contributed by atoms with E-state index >= 15 is 0 Å². The van der Waals surface area contributed by atoms with E-state index in [1.807, 2.05) is 29.2 Å². The number of nitrogens with two attached hydrogens (primary N) is 1. The number of piperidine rings is 2. The van der Waals surface area contributed by atoms with E-state index in [2.05, 4.69) is 135 Å². The third-order valence-electron chi connectivity index (χ3n) is 16.5. The summed E-state index contributed by atoms with van der Waals surface area (Å²) in [5.74, 6) is 1.48. The van der Waals surface area contributed by atoms with Crippen LogP contribution in [-0.4, -0.2) is 273 Å². The maximum absolute atomic E-state index is 12.9. The number of carboxylic acids is 1. The van der Waals surface area contributed by atoms with Gasteiger partial charge in [-0.3, -0.25) is 53.8 Å². The zero-order chi connectivity index (χ0) is 64.0. The number of likely N-dealkylation sites (N-methyl/N-ethyl adjacent to an activating group) is 4. The van der Waals surface area contributed by atoms with Gasteiger partial charge in [0.05, 0.1) is 47.5 Å². The first-order valence-electron chi connectivity index (χ1n) is 31.7. The topological polar surface area (TPSA) is 255 Å². The number of ketones is 3. The van der Waals surface area contributed by atoms with Crippen molar-refractivity contribution in [3.05, 3.63) is 60.2 Å². The smallest absolute Gasteiger partial charge is 0.317 e. The molecule has 88 heavy (non-hydrogen) atoms. The average molecular weight is 1280 g/mol. The number of aromatic nitrogens is 4. The van der Waals surface area contributed by atoms with Crippen LogP contribution >= 0.6 is 15.9 Å². The van der Waals surface area contributed by atoms with Crippen molar-refractivity contribution in [1.82, 2.24) is 59.6 Å². The standard InChI is InChI=1S/C24H32N6O.C15H17N5.C9H18N2O.C8H16N2O2.C6H14N2.C3H5BrO/c1-18-12-19(13-21(31)17-29-9-3-8-28(2)10-11-29)16-30(15-18)22-5-4-20(14-25)23-24(22)27-7-6-26-23;1-10-6-12(17)9-20(8-10)13-3-2-11(7-16)14-15(13)19-5-4-18-14;1-9(12)8-11-5-3-4-10(2)6-7-11;1-9-3-2-4-10(6-5-9)7-8(11)12;1-8-5-2-3-7-4-6-8;1-3(5)2-4/h4-7,18-19H,3,8-13,15-17H2,1-2H3;2-5,10,12H,6,8-9,17H2,1H3;3-8H2,1-2H3;2-7H2,1H3,(H,11,12);7H,2-6H2,1H3;2H2,1H3/t18-,19-;10-,12+;;;;/m00..../s1. The second kappa shape index (κ2) is 39.4. The summed E-state index contributed by atoms with van der Waals surface area (Å²) >= 11 is 2.96. The van der Waals surface area contributed by atoms with Crippen LogP contribution in [0.3, 0.4) is 0 Å². The number of carbonyl (C=O) groups excluding carboxylic acids is 3. The minimum atomic E-state index is -0.723. The van der Waals surface area contributed by atoms with Crippen molar-refractivity contribution in [3.8, 4) is 12.1 Å². The lowest BCUT2D eigenvalue weighted by atomic mass is 9.86. The number of Topliss-reactive ketones (excluding diaryl/α,β-unsaturated/α-hetero) is 3. The Balaban J connectivity index is 0.000000212. The molecule has 0 spiro atoms. The predicted molar refractivity (Wildman–Crippen MR) is 355 cm³/mol. The van der Waals surface area contributed by atoms with Gasteiger partial charge in [-0.2, -0.15) is 10.5 Å². The van der Waals surface area contributed by atoms with E-state index in [4.69, 9.17) is 16.1 Å². The van der Waals surface area contributed by atoms with Gasteiger partial charge >= 0.3 is 5.97 Å². The van der Waals surface area contributed by atoms with Crippen molar-refractivity contribution in [2.45, 2.75) is 78.7 Å². The Morgan fingerprint density at radius 3 is 1.44 bits per heavy atom. The Kier molecular flexibility index (Phi) is 32.7. The Bertz CT molecular complexity index is 2820. The van der Waals surface area contributed by atoms with Crippen LogP contribution in [0.15, 0.2) is 49.1 Å². The molecule has 10 rings (SSSR count). The molecule has 4 atom stereocenters. The normalized spacial score (nSPS) is 22.2. The van der Waals surface area contributed by atoms with Gasteiger partial charge in [0.2, 0.25) is 0 Å². The first kappa shape index (κ1) is 73.0. The van der Waals surface area contributed by atoms with E-state index in [1.54, 1.807) is 31.7 Å². The van der Waals surface area contributed by atoms with E-state index in [0.29, 0.717) is 70.5 Å². The molecule has 23 heteroatoms. The first-order chi connectivity index (χ1) is 42.2. The Labute approximate surface area is 532 Å². The van der Waals surface area contributed by atoms with E-state index in [-0.39, 0.29) is 24.2 Å². The Morgan fingerprint density at radius 1 is 0.557 bits per heavy atom. The highest BCUT2D eigenvalue weighted by molar-refractivity contribution is 9.09. The molecule has 2 aromatic heterocycles. The molecule has 0 aliphatic carbocycles. The van der Waals surface area contributed by atoms with Gasteiger partial charge in [0.1, 0.15) is 51.6 Å². The number of carbonyl (C=O) groups is 4. The van der Waals surface area contributed by atoms with E-state index < -0.39 is 5.97 Å². The Morgan fingerprint density at radius 2 is 0.989 bits per heavy atom. The summed E-state index contributed by atoms with van der Waals surface area (Å²) in [6, 6.07) is 12.2. The number of aliphatic carboxylic acids is 1. The van der Waals surface area contributed by atoms with Gasteiger partial charge in [0.25, 0.3) is 0 Å². The monoisotopic (exact) mass is 1280 g/mol. The number of rotatable bonds is 11. The van der Waals surface area contributed by atoms with Crippen molar-refractivity contribution in [1.29, 1.82) is 10.5 Å². The molecule has 2 aromatic carbocycles. The molecule has 6 fully saturated rings. The van der Waals surface area contributed by atoms with Crippen LogP contribution in [-0.2, 0) is 19.2 Å². The molecule has 6 saturated heterocycles. The average Bonchev–Trinajstić information content (AvgIpc) is 3.11. The maximum Gasteiger partial charge on any atom is 0.317 e. The molecule has 484 valence electrons. The number of nitrogens with one attached hydrogen (secondary N) is 1. The maximum atomic E-state index is 12.9. The molecule has 0 saturated carbocycles. The number of nitriles is 2. The third kappa shape index (κ3) is 26.4. The molecule has 8 heterocycles. The van der Waals surface area contributed by atoms with Crippen LogP contribution in [0.1, 0.15) is 83.8 Å². The van der Waals surface area contributed by atoms with Crippen LogP contribution in [0.5, 0.6) is 0 Å². The van der Waals surface area contributed by atoms with Crippen LogP contribution < -0.4 is 20.9 Å². The summed E-state index contributed by atoms with van der Waals surface area (Å²) in [4.78, 5) is 82.0. The van der Waals surface area contributed by atoms with Crippen molar-refractivity contribution < 1.29 is 24.3 Å². The number of hydrogen-bond donors (Lipinski definition) is 3. The summed E-state index contributed by atoms with van der Waals surface area (Å²) in [6.45, 7) is 29.8. The highest BCUT2D eigenvalue weighted by Crippen LogP contribution is 2.33. The quantitative estimate of drug-likeness (QED) is 0.166. The van der Waals surface area contributed by atoms with Crippen molar-refractivity contribution in [2.75, 3.05) is 194 Å². The molecule has 0 amide bonds. The fourth-order valence-electron chi connectivity index (χ4n) is 12.1. The van der Waals surface area contributed by atoms with Crippen molar-refractivity contribution >= 4 is 72.7 Å². The fourth-order valence-corrected chi connectivity index (χ4v) is 12.1. The number of halogens is 1. The van der Waals surface area contributed by atoms with E-state index in [1.165, 1.54) is 39.4 Å². The molecule has 6 aliphatic heterocycles. The number of fused-ring (bicyclic) bond motifs is 2. The zero-order valence-electron chi connectivity index (χ0n) is 54.1. The lowest BCUT2D eigenvalue weighted by molar-refractivity contribution is -0.138. The van der Waals surface area contributed by atoms with Crippen molar-refractivity contribution in [2.24, 2.45) is 23.5 Å². The molecule has 6 aliphatic rings. The molecule has 0 unspecified atom stereocenters. The molecule has 0 bridgehead atoms. The van der Waals surface area contributed by atoms with Crippen LogP contribution in [0.25, 0.3) is 22.1 Å². The highest BCUT2D eigenvalue weighted by Gasteiger charge is 2.30. The predicted octanol–water partition coefficient (Wildman–Crippen LogP) is 5.04. The van der Waals surface area contributed by atoms with Gasteiger partial charge in [-0.1, -0.05) is 29.8 Å². The lowest BCUT2D eigenvalue weighted by Crippen LogP contribution is -2.46. The fraction of sp³-hybridized carbons (Fsp3) is 0.662. The van der Waals surface area contributed by atoms with Gasteiger partial charge < -0.3 is 45.6 Å². The van der Waals surface area contributed by atoms with E-state index in [0.717, 1.165) is 159 Å². The summed E-state index contributed by atoms with van der Waals surface area (Å²) in [5.41, 5.74) is 12.1. The van der Waals surface area contributed by atoms with Gasteiger partial charge in [0, 0.05) is 122 Å². The van der Waals surface area contributed by atoms with Gasteiger partial charge in [-0.05, 0) is 168 Å². The molecular formula is C65H102BrN17O5. The Hall–Kier alpha value is -5.70.